The molecule has 1 unspecified atom stereocenters. The fourth-order valence-electron chi connectivity index (χ4n) is 1.09. The summed E-state index contributed by atoms with van der Waals surface area (Å²) < 4.78 is 62.2. The van der Waals surface area contributed by atoms with Crippen LogP contribution in [0.15, 0.2) is 24.4 Å². The summed E-state index contributed by atoms with van der Waals surface area (Å²) in [5.74, 6) is -5.27. The summed E-state index contributed by atoms with van der Waals surface area (Å²) in [7, 11) is 0. The van der Waals surface area contributed by atoms with Gasteiger partial charge in [0, 0.05) is 6.20 Å². The van der Waals surface area contributed by atoms with Crippen molar-refractivity contribution in [2.45, 2.75) is 24.6 Å². The van der Waals surface area contributed by atoms with Crippen molar-refractivity contribution < 1.29 is 27.1 Å². The van der Waals surface area contributed by atoms with Crippen molar-refractivity contribution in [2.75, 3.05) is 0 Å². The van der Waals surface area contributed by atoms with E-state index in [2.05, 4.69) is 4.98 Å². The second kappa shape index (κ2) is 3.65. The van der Waals surface area contributed by atoms with Crippen molar-refractivity contribution in [3.8, 4) is 0 Å². The molecule has 2 nitrogen and oxygen atoms in total. The van der Waals surface area contributed by atoms with E-state index in [-0.39, 0.29) is 0 Å². The van der Waals surface area contributed by atoms with Gasteiger partial charge in [0.05, 0.1) is 5.69 Å². The van der Waals surface area contributed by atoms with Crippen molar-refractivity contribution in [1.29, 1.82) is 0 Å². The molecule has 1 N–H and O–H groups in total. The number of hydrogen-bond acceptors (Lipinski definition) is 2. The fraction of sp³-hybridized carbons (Fsp3) is 0.444. The van der Waals surface area contributed by atoms with Gasteiger partial charge >= 0.3 is 12.1 Å². The van der Waals surface area contributed by atoms with Gasteiger partial charge in [-0.2, -0.15) is 22.0 Å². The topological polar surface area (TPSA) is 33.1 Å². The molecule has 1 aromatic rings. The highest BCUT2D eigenvalue weighted by Crippen LogP contribution is 2.47. The van der Waals surface area contributed by atoms with Crippen LogP contribution in [0.25, 0.3) is 0 Å². The van der Waals surface area contributed by atoms with Crippen LogP contribution in [0.2, 0.25) is 0 Å². The van der Waals surface area contributed by atoms with Crippen molar-refractivity contribution in [2.24, 2.45) is 0 Å². The average Bonchev–Trinajstić information content (AvgIpc) is 2.17. The molecule has 0 aliphatic carbocycles. The Morgan fingerprint density at radius 2 is 1.69 bits per heavy atom. The predicted molar refractivity (Wildman–Crippen MR) is 44.8 cm³/mol. The van der Waals surface area contributed by atoms with Crippen LogP contribution >= 0.6 is 0 Å². The maximum atomic E-state index is 13.0. The summed E-state index contributed by atoms with van der Waals surface area (Å²) >= 11 is 0. The van der Waals surface area contributed by atoms with Gasteiger partial charge in [-0.1, -0.05) is 6.07 Å². The molecule has 16 heavy (non-hydrogen) atoms. The second-order valence-corrected chi connectivity index (χ2v) is 3.36. The van der Waals surface area contributed by atoms with Crippen LogP contribution in [0.1, 0.15) is 12.6 Å². The van der Waals surface area contributed by atoms with Crippen LogP contribution < -0.4 is 0 Å². The molecule has 0 spiro atoms. The van der Waals surface area contributed by atoms with Gasteiger partial charge in [-0.3, -0.25) is 4.98 Å². The first kappa shape index (κ1) is 12.8. The molecule has 0 saturated heterocycles. The minimum absolute atomic E-state index is 0.378. The highest BCUT2D eigenvalue weighted by Gasteiger charge is 2.69. The van der Waals surface area contributed by atoms with Crippen LogP contribution in [-0.4, -0.2) is 22.2 Å². The maximum absolute atomic E-state index is 13.0. The number of hydrogen-bond donors (Lipinski definition) is 1. The van der Waals surface area contributed by atoms with Crippen LogP contribution in [0, 0.1) is 0 Å². The van der Waals surface area contributed by atoms with Crippen LogP contribution in [0.4, 0.5) is 22.0 Å². The van der Waals surface area contributed by atoms with E-state index in [0.29, 0.717) is 6.92 Å². The van der Waals surface area contributed by atoms with Crippen LogP contribution in [0.3, 0.4) is 0 Å². The lowest BCUT2D eigenvalue weighted by molar-refractivity contribution is -0.343. The summed E-state index contributed by atoms with van der Waals surface area (Å²) in [6, 6.07) is 3.45. The molecule has 1 aromatic heterocycles. The van der Waals surface area contributed by atoms with Crippen LogP contribution in [-0.2, 0) is 5.60 Å². The van der Waals surface area contributed by atoms with Gasteiger partial charge in [0.1, 0.15) is 0 Å². The summed E-state index contributed by atoms with van der Waals surface area (Å²) in [4.78, 5) is 3.30. The smallest absolute Gasteiger partial charge is 0.377 e. The average molecular weight is 241 g/mol. The van der Waals surface area contributed by atoms with E-state index >= 15 is 0 Å². The largest absolute Gasteiger partial charge is 0.456 e. The summed E-state index contributed by atoms with van der Waals surface area (Å²) in [6.45, 7) is 0.378. The Morgan fingerprint density at radius 1 is 1.12 bits per heavy atom. The van der Waals surface area contributed by atoms with Gasteiger partial charge in [-0.25, -0.2) is 0 Å². The summed E-state index contributed by atoms with van der Waals surface area (Å²) in [6.07, 6.45) is -4.82. The molecule has 0 radical (unpaired) electrons. The van der Waals surface area contributed by atoms with E-state index in [1.165, 1.54) is 12.1 Å². The molecule has 0 aromatic carbocycles. The van der Waals surface area contributed by atoms with Gasteiger partial charge < -0.3 is 5.11 Å². The Hall–Kier alpha value is -1.24. The zero-order valence-corrected chi connectivity index (χ0v) is 8.09. The number of aliphatic hydroxyl groups is 1. The zero-order valence-electron chi connectivity index (χ0n) is 8.09. The highest BCUT2D eigenvalue weighted by atomic mass is 19.4. The van der Waals surface area contributed by atoms with Gasteiger partial charge in [0.25, 0.3) is 0 Å². The third-order valence-electron chi connectivity index (χ3n) is 2.13. The summed E-state index contributed by atoms with van der Waals surface area (Å²) in [5, 5.41) is 9.32. The molecule has 1 atom stereocenters. The molecule has 0 aliphatic heterocycles. The quantitative estimate of drug-likeness (QED) is 0.807. The normalized spacial score (nSPS) is 16.9. The van der Waals surface area contributed by atoms with Crippen LogP contribution in [0.5, 0.6) is 0 Å². The Bertz CT molecular complexity index is 360. The SMILES string of the molecule is CC(O)(c1ccccn1)C(F)(F)C(F)(F)F. The third-order valence-corrected chi connectivity index (χ3v) is 2.13. The molecule has 0 fully saturated rings. The number of pyridine rings is 1. The highest BCUT2D eigenvalue weighted by molar-refractivity contribution is 5.17. The predicted octanol–water partition coefficient (Wildman–Crippen LogP) is 2.49. The molecule has 1 heterocycles. The lowest BCUT2D eigenvalue weighted by atomic mass is 9.93. The van der Waals surface area contributed by atoms with E-state index in [9.17, 15) is 27.1 Å². The Balaban J connectivity index is 3.22. The first-order valence-corrected chi connectivity index (χ1v) is 4.19. The molecule has 1 rings (SSSR count). The Labute approximate surface area is 87.7 Å². The fourth-order valence-corrected chi connectivity index (χ4v) is 1.09. The number of halogens is 5. The number of nitrogens with zero attached hydrogens (tertiary/aromatic N) is 1. The molecule has 7 heteroatoms. The van der Waals surface area contributed by atoms with Crippen molar-refractivity contribution >= 4 is 0 Å². The Kier molecular flexibility index (Phi) is 2.93. The lowest BCUT2D eigenvalue weighted by Gasteiger charge is -2.33. The minimum atomic E-state index is -5.84. The van der Waals surface area contributed by atoms with Gasteiger partial charge in [-0.15, -0.1) is 0 Å². The first-order chi connectivity index (χ1) is 7.11. The lowest BCUT2D eigenvalue weighted by Crippen LogP contribution is -2.53. The number of alkyl halides is 5. The maximum Gasteiger partial charge on any atom is 0.456 e. The van der Waals surface area contributed by atoms with Crippen molar-refractivity contribution in [1.82, 2.24) is 4.98 Å². The molecule has 0 saturated carbocycles. The van der Waals surface area contributed by atoms with Gasteiger partial charge in [-0.05, 0) is 19.1 Å². The zero-order chi connectivity index (χ0) is 12.6. The number of rotatable bonds is 2. The van der Waals surface area contributed by atoms with Crippen molar-refractivity contribution in [3.05, 3.63) is 30.1 Å². The first-order valence-electron chi connectivity index (χ1n) is 4.19. The molecule has 90 valence electrons. The second-order valence-electron chi connectivity index (χ2n) is 3.36. The number of aromatic nitrogens is 1. The standard InChI is InChI=1S/C9H8F5NO/c1-7(16,6-4-2-3-5-15-6)8(10,11)9(12,13)14/h2-5,16H,1H3. The van der Waals surface area contributed by atoms with Gasteiger partial charge in [0.15, 0.2) is 5.60 Å². The van der Waals surface area contributed by atoms with E-state index < -0.39 is 23.4 Å². The molecule has 0 bridgehead atoms. The van der Waals surface area contributed by atoms with Gasteiger partial charge in [0.2, 0.25) is 0 Å². The molecule has 0 amide bonds. The Morgan fingerprint density at radius 3 is 2.06 bits per heavy atom. The van der Waals surface area contributed by atoms with E-state index in [1.807, 2.05) is 0 Å². The third kappa shape index (κ3) is 1.87. The monoisotopic (exact) mass is 241 g/mol. The minimum Gasteiger partial charge on any atom is -0.377 e. The van der Waals surface area contributed by atoms with E-state index in [0.717, 1.165) is 12.3 Å². The van der Waals surface area contributed by atoms with E-state index in [1.54, 1.807) is 0 Å². The van der Waals surface area contributed by atoms with Crippen molar-refractivity contribution in [3.63, 3.8) is 0 Å². The molecule has 0 aliphatic rings. The molecular formula is C9H8F5NO. The molecular weight excluding hydrogens is 233 g/mol. The summed E-state index contributed by atoms with van der Waals surface area (Å²) in [5.41, 5.74) is -4.13. The van der Waals surface area contributed by atoms with E-state index in [4.69, 9.17) is 0 Å².